The van der Waals surface area contributed by atoms with Crippen LogP contribution in [0.3, 0.4) is 0 Å². The first-order valence-electron chi connectivity index (χ1n) is 6.33. The third-order valence-corrected chi connectivity index (χ3v) is 3.61. The average Bonchev–Trinajstić information content (AvgIpc) is 2.20. The minimum Gasteiger partial charge on any atom is -0.398 e. The van der Waals surface area contributed by atoms with Gasteiger partial charge in [-0.05, 0) is 38.9 Å². The maximum atomic E-state index is 11.5. The van der Waals surface area contributed by atoms with Crippen LogP contribution in [0.2, 0.25) is 0 Å². The summed E-state index contributed by atoms with van der Waals surface area (Å²) in [6.07, 6.45) is 6.75. The first kappa shape index (κ1) is 12.2. The van der Waals surface area contributed by atoms with Crippen LogP contribution in [0, 0.1) is 0 Å². The Balaban J connectivity index is 1.81. The number of hydrogen-bond acceptors (Lipinski definition) is 3. The zero-order chi connectivity index (χ0) is 12.3. The van der Waals surface area contributed by atoms with E-state index in [0.29, 0.717) is 5.69 Å². The lowest BCUT2D eigenvalue weighted by Crippen LogP contribution is -2.38. The third-order valence-electron chi connectivity index (χ3n) is 3.61. The van der Waals surface area contributed by atoms with E-state index in [0.717, 1.165) is 25.6 Å². The summed E-state index contributed by atoms with van der Waals surface area (Å²) in [4.78, 5) is 13.9. The SMILES string of the molecule is CN(CCCn1cc(N)ccc1=O)C1CCC1. The second-order valence-corrected chi connectivity index (χ2v) is 4.91. The van der Waals surface area contributed by atoms with Crippen molar-refractivity contribution >= 4 is 5.69 Å². The highest BCUT2D eigenvalue weighted by Gasteiger charge is 2.21. The Bertz CT molecular complexity index is 423. The van der Waals surface area contributed by atoms with Gasteiger partial charge in [-0.15, -0.1) is 0 Å². The summed E-state index contributed by atoms with van der Waals surface area (Å²) in [6.45, 7) is 1.80. The lowest BCUT2D eigenvalue weighted by Gasteiger charge is -2.34. The molecule has 2 rings (SSSR count). The quantitative estimate of drug-likeness (QED) is 0.837. The summed E-state index contributed by atoms with van der Waals surface area (Å²) in [7, 11) is 2.17. The van der Waals surface area contributed by atoms with Crippen molar-refractivity contribution in [1.82, 2.24) is 9.47 Å². The van der Waals surface area contributed by atoms with Crippen molar-refractivity contribution in [3.63, 3.8) is 0 Å². The molecule has 4 nitrogen and oxygen atoms in total. The average molecular weight is 235 g/mol. The number of aromatic nitrogens is 1. The number of nitrogen functional groups attached to an aromatic ring is 1. The Hall–Kier alpha value is -1.29. The van der Waals surface area contributed by atoms with Crippen LogP contribution < -0.4 is 11.3 Å². The van der Waals surface area contributed by atoms with E-state index in [-0.39, 0.29) is 5.56 Å². The molecule has 17 heavy (non-hydrogen) atoms. The van der Waals surface area contributed by atoms with Crippen LogP contribution in [0.15, 0.2) is 23.1 Å². The third kappa shape index (κ3) is 3.09. The molecule has 1 saturated carbocycles. The van der Waals surface area contributed by atoms with Crippen molar-refractivity contribution < 1.29 is 0 Å². The Morgan fingerprint density at radius 1 is 1.47 bits per heavy atom. The van der Waals surface area contributed by atoms with E-state index in [1.807, 2.05) is 0 Å². The summed E-state index contributed by atoms with van der Waals surface area (Å²) in [5, 5.41) is 0. The van der Waals surface area contributed by atoms with Gasteiger partial charge < -0.3 is 15.2 Å². The molecule has 1 aliphatic rings. The van der Waals surface area contributed by atoms with Crippen molar-refractivity contribution in [1.29, 1.82) is 0 Å². The molecule has 0 aliphatic heterocycles. The zero-order valence-electron chi connectivity index (χ0n) is 10.4. The van der Waals surface area contributed by atoms with Crippen molar-refractivity contribution in [3.8, 4) is 0 Å². The van der Waals surface area contributed by atoms with Gasteiger partial charge in [0.1, 0.15) is 0 Å². The fraction of sp³-hybridized carbons (Fsp3) is 0.615. The molecule has 0 amide bonds. The molecule has 0 bridgehead atoms. The molecule has 1 fully saturated rings. The molecule has 0 unspecified atom stereocenters. The topological polar surface area (TPSA) is 51.3 Å². The molecule has 1 aliphatic carbocycles. The molecule has 1 heterocycles. The van der Waals surface area contributed by atoms with Crippen LogP contribution in [-0.4, -0.2) is 29.1 Å². The number of nitrogens with two attached hydrogens (primary N) is 1. The second-order valence-electron chi connectivity index (χ2n) is 4.91. The molecular weight excluding hydrogens is 214 g/mol. The van der Waals surface area contributed by atoms with Gasteiger partial charge in [0, 0.05) is 30.5 Å². The summed E-state index contributed by atoms with van der Waals surface area (Å²) in [6, 6.07) is 3.96. The van der Waals surface area contributed by atoms with Gasteiger partial charge in [0.2, 0.25) is 0 Å². The predicted molar refractivity (Wildman–Crippen MR) is 70.0 cm³/mol. The Kier molecular flexibility index (Phi) is 3.84. The number of pyridine rings is 1. The molecular formula is C13H21N3O. The largest absolute Gasteiger partial charge is 0.398 e. The van der Waals surface area contributed by atoms with Crippen molar-refractivity contribution in [2.24, 2.45) is 0 Å². The molecule has 0 atom stereocenters. The van der Waals surface area contributed by atoms with Crippen LogP contribution in [0.4, 0.5) is 5.69 Å². The lowest BCUT2D eigenvalue weighted by atomic mass is 9.92. The van der Waals surface area contributed by atoms with Gasteiger partial charge in [-0.3, -0.25) is 4.79 Å². The molecule has 0 radical (unpaired) electrons. The first-order chi connectivity index (χ1) is 8.16. The van der Waals surface area contributed by atoms with Crippen LogP contribution >= 0.6 is 0 Å². The van der Waals surface area contributed by atoms with E-state index in [1.165, 1.54) is 25.3 Å². The first-order valence-corrected chi connectivity index (χ1v) is 6.33. The van der Waals surface area contributed by atoms with Crippen molar-refractivity contribution in [3.05, 3.63) is 28.7 Å². The van der Waals surface area contributed by atoms with Crippen LogP contribution in [-0.2, 0) is 6.54 Å². The van der Waals surface area contributed by atoms with E-state index in [1.54, 1.807) is 16.8 Å². The Morgan fingerprint density at radius 3 is 2.88 bits per heavy atom. The number of rotatable bonds is 5. The molecule has 2 N–H and O–H groups in total. The molecule has 1 aromatic heterocycles. The van der Waals surface area contributed by atoms with Gasteiger partial charge in [0.25, 0.3) is 5.56 Å². The fourth-order valence-electron chi connectivity index (χ4n) is 2.23. The smallest absolute Gasteiger partial charge is 0.250 e. The maximum Gasteiger partial charge on any atom is 0.250 e. The monoisotopic (exact) mass is 235 g/mol. The highest BCUT2D eigenvalue weighted by molar-refractivity contribution is 5.33. The van der Waals surface area contributed by atoms with Gasteiger partial charge in [-0.25, -0.2) is 0 Å². The van der Waals surface area contributed by atoms with Crippen LogP contribution in [0.1, 0.15) is 25.7 Å². The molecule has 0 aromatic carbocycles. The maximum absolute atomic E-state index is 11.5. The van der Waals surface area contributed by atoms with Crippen molar-refractivity contribution in [2.75, 3.05) is 19.3 Å². The predicted octanol–water partition coefficient (Wildman–Crippen LogP) is 1.30. The van der Waals surface area contributed by atoms with E-state index in [2.05, 4.69) is 11.9 Å². The van der Waals surface area contributed by atoms with Gasteiger partial charge in [0.05, 0.1) is 0 Å². The van der Waals surface area contributed by atoms with Crippen LogP contribution in [0.5, 0.6) is 0 Å². The molecule has 94 valence electrons. The van der Waals surface area contributed by atoms with Crippen LogP contribution in [0.25, 0.3) is 0 Å². The highest BCUT2D eigenvalue weighted by Crippen LogP contribution is 2.23. The van der Waals surface area contributed by atoms with E-state index in [9.17, 15) is 4.79 Å². The van der Waals surface area contributed by atoms with E-state index in [4.69, 9.17) is 5.73 Å². The van der Waals surface area contributed by atoms with E-state index >= 15 is 0 Å². The van der Waals surface area contributed by atoms with Gasteiger partial charge >= 0.3 is 0 Å². The summed E-state index contributed by atoms with van der Waals surface area (Å²) < 4.78 is 1.70. The minimum absolute atomic E-state index is 0.0329. The number of hydrogen-bond donors (Lipinski definition) is 1. The normalized spacial score (nSPS) is 16.1. The number of aryl methyl sites for hydroxylation is 1. The molecule has 0 spiro atoms. The van der Waals surface area contributed by atoms with Gasteiger partial charge in [0.15, 0.2) is 0 Å². The molecule has 4 heteroatoms. The number of anilines is 1. The standard InChI is InChI=1S/C13H21N3O/c1-15(12-4-2-5-12)8-3-9-16-10-11(14)6-7-13(16)17/h6-7,10,12H,2-5,8-9,14H2,1H3. The summed E-state index contributed by atoms with van der Waals surface area (Å²) in [5.74, 6) is 0. The second kappa shape index (κ2) is 5.36. The zero-order valence-corrected chi connectivity index (χ0v) is 10.4. The summed E-state index contributed by atoms with van der Waals surface area (Å²) >= 11 is 0. The molecule has 1 aromatic rings. The van der Waals surface area contributed by atoms with E-state index < -0.39 is 0 Å². The highest BCUT2D eigenvalue weighted by atomic mass is 16.1. The van der Waals surface area contributed by atoms with Gasteiger partial charge in [-0.2, -0.15) is 0 Å². The molecule has 0 saturated heterocycles. The Morgan fingerprint density at radius 2 is 2.24 bits per heavy atom. The fourth-order valence-corrected chi connectivity index (χ4v) is 2.23. The van der Waals surface area contributed by atoms with Gasteiger partial charge in [-0.1, -0.05) is 6.42 Å². The van der Waals surface area contributed by atoms with Crippen molar-refractivity contribution in [2.45, 2.75) is 38.3 Å². The minimum atomic E-state index is 0.0329. The summed E-state index contributed by atoms with van der Waals surface area (Å²) in [5.41, 5.74) is 6.35. The number of nitrogens with zero attached hydrogens (tertiary/aromatic N) is 2. The Labute approximate surface area is 102 Å². The lowest BCUT2D eigenvalue weighted by molar-refractivity contribution is 0.156.